The van der Waals surface area contributed by atoms with Crippen molar-refractivity contribution in [3.8, 4) is 83.8 Å². The van der Waals surface area contributed by atoms with E-state index < -0.39 is 0 Å². The highest BCUT2D eigenvalue weighted by Crippen LogP contribution is 2.57. The summed E-state index contributed by atoms with van der Waals surface area (Å²) in [5, 5.41) is 23.5. The molecule has 3 nitrogen and oxygen atoms in total. The van der Waals surface area contributed by atoms with Gasteiger partial charge in [-0.1, -0.05) is 379 Å². The minimum atomic E-state index is -0.162. The van der Waals surface area contributed by atoms with E-state index in [0.29, 0.717) is 0 Å². The lowest BCUT2D eigenvalue weighted by atomic mass is 9.73. The van der Waals surface area contributed by atoms with Gasteiger partial charge >= 0.3 is 0 Å². The number of hydrogen-bond acceptors (Lipinski definition) is 0. The highest BCUT2D eigenvalue weighted by Gasteiger charge is 2.40. The van der Waals surface area contributed by atoms with Gasteiger partial charge in [-0.25, -0.2) is 0 Å². The maximum absolute atomic E-state index is 2.53. The lowest BCUT2D eigenvalue weighted by molar-refractivity contribution is 0.630. The first kappa shape index (κ1) is 77.0. The summed E-state index contributed by atoms with van der Waals surface area (Å²) in [7, 11) is 0. The molecule has 130 heavy (non-hydrogen) atoms. The summed E-state index contributed by atoms with van der Waals surface area (Å²) in [5.74, 6) is 0. The Labute approximate surface area is 757 Å². The van der Waals surface area contributed by atoms with Gasteiger partial charge in [0.15, 0.2) is 0 Å². The molecule has 0 fully saturated rings. The summed E-state index contributed by atoms with van der Waals surface area (Å²) in [4.78, 5) is 0. The quantitative estimate of drug-likeness (QED) is 0.147. The molecule has 0 radical (unpaired) electrons. The van der Waals surface area contributed by atoms with Crippen molar-refractivity contribution in [1.29, 1.82) is 0 Å². The molecule has 24 aromatic rings. The average Bonchev–Trinajstić information content (AvgIpc) is 1.50. The summed E-state index contributed by atoms with van der Waals surface area (Å²) < 4.78 is 7.55. The number of nitrogens with zero attached hydrogens (tertiary/aromatic N) is 3. The number of aromatic nitrogens is 3. The van der Waals surface area contributed by atoms with Gasteiger partial charge in [0.05, 0.1) is 50.2 Å². The molecule has 0 saturated heterocycles. The van der Waals surface area contributed by atoms with E-state index in [0.717, 1.165) is 0 Å². The number of aryl methyl sites for hydroxylation is 4. The van der Waals surface area contributed by atoms with Crippen molar-refractivity contribution in [2.75, 3.05) is 0 Å². The Balaban J connectivity index is 0.000000105. The van der Waals surface area contributed by atoms with Crippen LogP contribution in [-0.2, 0) is 16.2 Å². The molecule has 6 heterocycles. The van der Waals surface area contributed by atoms with Gasteiger partial charge in [-0.05, 0) is 271 Å². The van der Waals surface area contributed by atoms with E-state index in [4.69, 9.17) is 0 Å². The summed E-state index contributed by atoms with van der Waals surface area (Å²) in [5.41, 5.74) is 40.2. The van der Waals surface area contributed by atoms with Gasteiger partial charge < -0.3 is 13.7 Å². The van der Waals surface area contributed by atoms with E-state index >= 15 is 0 Å². The molecule has 0 aliphatic carbocycles. The summed E-state index contributed by atoms with van der Waals surface area (Å²) >= 11 is 0. The lowest BCUT2D eigenvalue weighted by Crippen LogP contribution is -2.26. The topological polar surface area (TPSA) is 14.8 Å². The molecule has 3 aliphatic rings. The molecule has 0 bridgehead atoms. The Morgan fingerprint density at radius 3 is 0.715 bits per heavy atom. The van der Waals surface area contributed by atoms with E-state index in [-0.39, 0.29) is 16.2 Å². The van der Waals surface area contributed by atoms with Gasteiger partial charge in [0.1, 0.15) is 0 Å². The van der Waals surface area contributed by atoms with E-state index in [2.05, 4.69) is 477 Å². The maximum Gasteiger partial charge on any atom is 0.0582 e. The Morgan fingerprint density at radius 2 is 0.400 bits per heavy atom. The Morgan fingerprint density at radius 1 is 0.154 bits per heavy atom. The Hall–Kier alpha value is -15.4. The van der Waals surface area contributed by atoms with E-state index in [1.165, 1.54) is 270 Å². The third kappa shape index (κ3) is 11.3. The highest BCUT2D eigenvalue weighted by molar-refractivity contribution is 6.26. The molecule has 0 saturated carbocycles. The molecule has 3 aliphatic heterocycles. The molecule has 618 valence electrons. The van der Waals surface area contributed by atoms with E-state index in [1.54, 1.807) is 0 Å². The predicted molar refractivity (Wildman–Crippen MR) is 555 cm³/mol. The monoisotopic (exact) mass is 1660 g/mol. The first-order valence-corrected chi connectivity index (χ1v) is 46.0. The van der Waals surface area contributed by atoms with E-state index in [9.17, 15) is 0 Å². The smallest absolute Gasteiger partial charge is 0.0582 e. The van der Waals surface area contributed by atoms with Crippen molar-refractivity contribution in [2.45, 2.75) is 85.5 Å². The second-order valence-electron chi connectivity index (χ2n) is 38.4. The van der Waals surface area contributed by atoms with Crippen molar-refractivity contribution >= 4 is 130 Å². The van der Waals surface area contributed by atoms with Gasteiger partial charge in [0.25, 0.3) is 0 Å². The standard InChI is InChI=1S/2C43H33N.C41H29N/c2*1-26-18-20-38-34(22-26)35-23-27(2)24-37-42(35)44(38)39-21-19-29(25-36(39)43(37,3)4)41-32-16-10-8-14-30(32)40(28-12-6-5-7-13-28)31-15-9-11-17-33(31)41;1-41(2)34-21-12-20-33-28-15-10-11-22-36(28)42(40(33)34)37-24-23-27(25-35(37)41)39-31-18-8-6-16-29(31)38(26-13-4-3-5-14-26)30-17-7-9-19-32(30)39/h2*5-25H,1-4H3;3-25H,1-2H3. The molecule has 0 unspecified atom stereocenters. The van der Waals surface area contributed by atoms with Crippen LogP contribution in [0.1, 0.15) is 97.2 Å². The van der Waals surface area contributed by atoms with Crippen LogP contribution in [-0.4, -0.2) is 13.7 Å². The zero-order valence-electron chi connectivity index (χ0n) is 74.9. The van der Waals surface area contributed by atoms with E-state index in [1.807, 2.05) is 0 Å². The van der Waals surface area contributed by atoms with Crippen molar-refractivity contribution in [3.63, 3.8) is 0 Å². The highest BCUT2D eigenvalue weighted by atomic mass is 15.0. The lowest BCUT2D eigenvalue weighted by Gasteiger charge is -2.35. The zero-order valence-corrected chi connectivity index (χ0v) is 74.9. The van der Waals surface area contributed by atoms with Crippen molar-refractivity contribution in [2.24, 2.45) is 0 Å². The van der Waals surface area contributed by atoms with Gasteiger partial charge in [0.2, 0.25) is 0 Å². The Kier molecular flexibility index (Phi) is 17.1. The number of benzene rings is 21. The predicted octanol–water partition coefficient (Wildman–Crippen LogP) is 34.4. The normalized spacial score (nSPS) is 13.6. The number of fused-ring (bicyclic) bond motifs is 21. The number of para-hydroxylation sites is 2. The summed E-state index contributed by atoms with van der Waals surface area (Å²) in [6, 6.07) is 147. The van der Waals surface area contributed by atoms with Crippen LogP contribution >= 0.6 is 0 Å². The largest absolute Gasteiger partial charge is 0.309 e. The average molecular weight is 1660 g/mol. The third-order valence-electron chi connectivity index (χ3n) is 29.6. The van der Waals surface area contributed by atoms with Gasteiger partial charge in [-0.3, -0.25) is 0 Å². The molecular formula is C127H95N3. The zero-order chi connectivity index (χ0) is 87.5. The van der Waals surface area contributed by atoms with Crippen LogP contribution in [0.3, 0.4) is 0 Å². The minimum absolute atomic E-state index is 0.148. The second kappa shape index (κ2) is 28.8. The first-order chi connectivity index (χ1) is 63.5. The van der Waals surface area contributed by atoms with Crippen LogP contribution in [0.5, 0.6) is 0 Å². The molecule has 0 spiro atoms. The van der Waals surface area contributed by atoms with Crippen LogP contribution in [0.2, 0.25) is 0 Å². The molecule has 27 rings (SSSR count). The summed E-state index contributed by atoms with van der Waals surface area (Å²) in [6.45, 7) is 23.3. The molecule has 21 aromatic carbocycles. The van der Waals surface area contributed by atoms with Crippen molar-refractivity contribution < 1.29 is 0 Å². The van der Waals surface area contributed by atoms with Crippen LogP contribution < -0.4 is 0 Å². The van der Waals surface area contributed by atoms with Crippen LogP contribution in [0.4, 0.5) is 0 Å². The molecule has 0 atom stereocenters. The molecule has 3 heteroatoms. The van der Waals surface area contributed by atoms with Gasteiger partial charge in [0, 0.05) is 48.6 Å². The second-order valence-corrected chi connectivity index (χ2v) is 38.4. The molecule has 0 N–H and O–H groups in total. The van der Waals surface area contributed by atoms with Crippen molar-refractivity contribution in [3.05, 3.63) is 450 Å². The fourth-order valence-electron chi connectivity index (χ4n) is 23.7. The first-order valence-electron chi connectivity index (χ1n) is 46.0. The van der Waals surface area contributed by atoms with Gasteiger partial charge in [-0.15, -0.1) is 0 Å². The summed E-state index contributed by atoms with van der Waals surface area (Å²) in [6.07, 6.45) is 0. The van der Waals surface area contributed by atoms with Gasteiger partial charge in [-0.2, -0.15) is 0 Å². The molecule has 3 aromatic heterocycles. The SMILES string of the molecule is CC1(C)c2cc(-c3c4ccccc4c(-c4ccccc4)c4ccccc34)ccc2-n2c3ccccc3c3cccc1c32.Cc1ccc2c(c1)c1cc(C)cc3c1n2-c1ccc(-c2c4ccccc4c(-c4ccccc4)c4ccccc24)cc1C3(C)C.Cc1ccc2c(c1)c1cc(C)cc3c1n2-c1ccc(-c2c4ccccc4c(-c4ccccc4)c4ccccc24)cc1C3(C)C. The number of hydrogen-bond donors (Lipinski definition) is 0. The van der Waals surface area contributed by atoms with Crippen LogP contribution in [0.15, 0.2) is 394 Å². The van der Waals surface area contributed by atoms with Crippen molar-refractivity contribution in [1.82, 2.24) is 13.7 Å². The Bertz CT molecular complexity index is 8450. The van der Waals surface area contributed by atoms with Crippen LogP contribution in [0.25, 0.3) is 214 Å². The fourth-order valence-corrected chi connectivity index (χ4v) is 23.7. The third-order valence-corrected chi connectivity index (χ3v) is 29.6. The minimum Gasteiger partial charge on any atom is -0.309 e. The molecular weight excluding hydrogens is 1570 g/mol. The number of rotatable bonds is 6. The van der Waals surface area contributed by atoms with Crippen LogP contribution in [0, 0.1) is 27.7 Å². The fraction of sp³-hybridized carbons (Fsp3) is 0.102. The molecule has 0 amide bonds. The maximum atomic E-state index is 2.53.